The molecule has 0 unspecified atom stereocenters. The van der Waals surface area contributed by atoms with E-state index in [1.165, 1.54) is 16.4 Å². The number of amides is 1. The molecule has 4 aliphatic rings. The first-order valence-electron chi connectivity index (χ1n) is 12.7. The van der Waals surface area contributed by atoms with Gasteiger partial charge in [0.15, 0.2) is 0 Å². The molecular formula is C25H31Cl2F5N4O3S. The van der Waals surface area contributed by atoms with Gasteiger partial charge < -0.3 is 10.6 Å². The molecule has 3 aliphatic carbocycles. The number of aliphatic imine (C=N–C) groups is 1. The average molecular weight is 634 g/mol. The van der Waals surface area contributed by atoms with Gasteiger partial charge in [0.05, 0.1) is 27.8 Å². The molecule has 1 amide bonds. The molecule has 224 valence electrons. The summed E-state index contributed by atoms with van der Waals surface area (Å²) in [6.45, 7) is 3.41. The van der Waals surface area contributed by atoms with E-state index < -0.39 is 75.7 Å². The number of benzene rings is 1. The molecule has 0 radical (unpaired) electrons. The minimum absolute atomic E-state index is 0.0831. The lowest BCUT2D eigenvalue weighted by Gasteiger charge is -2.73. The normalized spacial score (nSPS) is 27.5. The molecule has 1 aliphatic heterocycles. The first kappa shape index (κ1) is 31.2. The van der Waals surface area contributed by atoms with Crippen molar-refractivity contribution in [2.24, 2.45) is 10.4 Å². The zero-order valence-electron chi connectivity index (χ0n) is 22.1. The second-order valence-electron chi connectivity index (χ2n) is 11.8. The van der Waals surface area contributed by atoms with E-state index in [1.54, 1.807) is 19.9 Å². The van der Waals surface area contributed by atoms with Crippen molar-refractivity contribution >= 4 is 45.0 Å². The quantitative estimate of drug-likeness (QED) is 0.324. The zero-order valence-corrected chi connectivity index (χ0v) is 24.5. The molecule has 5 rings (SSSR count). The molecule has 1 heterocycles. The van der Waals surface area contributed by atoms with Gasteiger partial charge in [0.1, 0.15) is 11.9 Å². The number of amidine groups is 1. The number of carbonyl (C=O) groups excluding carboxylic acids is 1. The summed E-state index contributed by atoms with van der Waals surface area (Å²) >= 11 is 12.1. The Labute approximate surface area is 239 Å². The number of carbonyl (C=O) groups is 1. The first-order chi connectivity index (χ1) is 18.2. The minimum Gasteiger partial charge on any atom is -0.360 e. The average Bonchev–Trinajstić information content (AvgIpc) is 3.06. The maximum absolute atomic E-state index is 13.6. The third-order valence-electron chi connectivity index (χ3n) is 7.84. The maximum Gasteiger partial charge on any atom is 0.390 e. The Balaban J connectivity index is 1.49. The number of nitrogens with one attached hydrogen (secondary N) is 2. The molecule has 0 spiro atoms. The predicted molar refractivity (Wildman–Crippen MR) is 142 cm³/mol. The van der Waals surface area contributed by atoms with Gasteiger partial charge in [0.2, 0.25) is 21.9 Å². The predicted octanol–water partition coefficient (Wildman–Crippen LogP) is 5.31. The molecule has 2 N–H and O–H groups in total. The van der Waals surface area contributed by atoms with Crippen molar-refractivity contribution in [1.29, 1.82) is 0 Å². The van der Waals surface area contributed by atoms with Crippen molar-refractivity contribution in [3.05, 3.63) is 33.8 Å². The van der Waals surface area contributed by atoms with E-state index in [2.05, 4.69) is 15.6 Å². The van der Waals surface area contributed by atoms with Crippen LogP contribution in [0.15, 0.2) is 23.2 Å². The van der Waals surface area contributed by atoms with Crippen molar-refractivity contribution in [1.82, 2.24) is 14.9 Å². The second kappa shape index (κ2) is 10.2. The van der Waals surface area contributed by atoms with E-state index in [-0.39, 0.29) is 11.6 Å². The van der Waals surface area contributed by atoms with Crippen LogP contribution in [0.4, 0.5) is 22.0 Å². The van der Waals surface area contributed by atoms with Crippen LogP contribution in [0.2, 0.25) is 10.0 Å². The van der Waals surface area contributed by atoms with E-state index in [0.29, 0.717) is 42.6 Å². The summed E-state index contributed by atoms with van der Waals surface area (Å²) in [6.07, 6.45) is -5.32. The Morgan fingerprint density at radius 3 is 2.30 bits per heavy atom. The largest absolute Gasteiger partial charge is 0.390 e. The summed E-state index contributed by atoms with van der Waals surface area (Å²) in [5, 5.41) is 5.90. The summed E-state index contributed by atoms with van der Waals surface area (Å²) in [4.78, 5) is 17.3. The van der Waals surface area contributed by atoms with E-state index in [4.69, 9.17) is 23.2 Å². The number of rotatable bonds is 11. The lowest BCUT2D eigenvalue weighted by atomic mass is 9.38. The lowest BCUT2D eigenvalue weighted by Crippen LogP contribution is -2.78. The van der Waals surface area contributed by atoms with Crippen LogP contribution in [0, 0.1) is 5.41 Å². The topological polar surface area (TPSA) is 90.9 Å². The van der Waals surface area contributed by atoms with Gasteiger partial charge in [0, 0.05) is 30.5 Å². The molecule has 40 heavy (non-hydrogen) atoms. The maximum atomic E-state index is 13.6. The van der Waals surface area contributed by atoms with Crippen molar-refractivity contribution < 1.29 is 35.2 Å². The standard InChI is InChI=1S/C25H31Cl2F5N4O3S/c1-21(2)18(19(37)33-8-6-25(30,31)32)34-20(35-21)23-12-24(13-23,14-23)36(40(38,39)9-7-22(3,28)29)11-15-4-5-16(26)17(27)10-15/h4-5,10,18H,6-9,11-14H2,1-3H3,(H,33,37)(H,34,35)/t18-,23?,24?/m0/s1. The molecular weight excluding hydrogens is 602 g/mol. The van der Waals surface area contributed by atoms with E-state index >= 15 is 0 Å². The van der Waals surface area contributed by atoms with Gasteiger partial charge in [-0.2, -0.15) is 17.5 Å². The Hall–Kier alpha value is -1.70. The molecule has 15 heteroatoms. The van der Waals surface area contributed by atoms with Gasteiger partial charge in [0.25, 0.3) is 0 Å². The van der Waals surface area contributed by atoms with Gasteiger partial charge in [-0.1, -0.05) is 29.3 Å². The Morgan fingerprint density at radius 1 is 1.12 bits per heavy atom. The van der Waals surface area contributed by atoms with Gasteiger partial charge >= 0.3 is 6.18 Å². The third-order valence-corrected chi connectivity index (χ3v) is 10.5. The summed E-state index contributed by atoms with van der Waals surface area (Å²) in [7, 11) is -4.12. The van der Waals surface area contributed by atoms with Crippen molar-refractivity contribution in [2.45, 2.75) is 88.6 Å². The number of alkyl halides is 5. The molecule has 3 saturated carbocycles. The molecule has 0 saturated heterocycles. The third kappa shape index (κ3) is 6.37. The summed E-state index contributed by atoms with van der Waals surface area (Å²) in [5.74, 6) is -4.01. The second-order valence-corrected chi connectivity index (χ2v) is 14.6. The summed E-state index contributed by atoms with van der Waals surface area (Å²) in [5.41, 5.74) is -1.76. The van der Waals surface area contributed by atoms with Crippen LogP contribution in [-0.2, 0) is 21.4 Å². The molecule has 1 aromatic carbocycles. The number of sulfonamides is 1. The van der Waals surface area contributed by atoms with Crippen LogP contribution in [-0.4, -0.2) is 66.0 Å². The number of hydrogen-bond donors (Lipinski definition) is 2. The monoisotopic (exact) mass is 632 g/mol. The number of hydrogen-bond acceptors (Lipinski definition) is 5. The van der Waals surface area contributed by atoms with Gasteiger partial charge in [-0.15, -0.1) is 0 Å². The minimum atomic E-state index is -4.40. The van der Waals surface area contributed by atoms with Crippen LogP contribution in [0.25, 0.3) is 0 Å². The Kier molecular flexibility index (Phi) is 7.99. The van der Waals surface area contributed by atoms with E-state index in [9.17, 15) is 35.2 Å². The fourth-order valence-corrected chi connectivity index (χ4v) is 8.11. The van der Waals surface area contributed by atoms with Crippen molar-refractivity contribution in [3.63, 3.8) is 0 Å². The molecule has 2 bridgehead atoms. The lowest BCUT2D eigenvalue weighted by molar-refractivity contribution is -0.151. The molecule has 1 atom stereocenters. The highest BCUT2D eigenvalue weighted by Gasteiger charge is 2.75. The smallest absolute Gasteiger partial charge is 0.360 e. The van der Waals surface area contributed by atoms with Crippen molar-refractivity contribution in [2.75, 3.05) is 12.3 Å². The van der Waals surface area contributed by atoms with Crippen LogP contribution in [0.1, 0.15) is 58.4 Å². The highest BCUT2D eigenvalue weighted by molar-refractivity contribution is 7.89. The molecule has 3 fully saturated rings. The highest BCUT2D eigenvalue weighted by Crippen LogP contribution is 2.71. The molecule has 1 aromatic rings. The Bertz CT molecular complexity index is 1290. The Morgan fingerprint density at radius 2 is 1.75 bits per heavy atom. The molecule has 7 nitrogen and oxygen atoms in total. The fourth-order valence-electron chi connectivity index (χ4n) is 5.82. The number of nitrogens with zero attached hydrogens (tertiary/aromatic N) is 2. The first-order valence-corrected chi connectivity index (χ1v) is 15.1. The highest BCUT2D eigenvalue weighted by atomic mass is 35.5. The van der Waals surface area contributed by atoms with Crippen LogP contribution in [0.3, 0.4) is 0 Å². The fraction of sp³-hybridized carbons (Fsp3) is 0.680. The summed E-state index contributed by atoms with van der Waals surface area (Å²) in [6, 6.07) is 3.80. The zero-order chi connectivity index (χ0) is 29.9. The molecule has 0 aromatic heterocycles. The SMILES string of the molecule is CC(F)(F)CCS(=O)(=O)N(Cc1ccc(Cl)c(Cl)c1)C12CC(C3=NC(C)(C)[C@H](C(=O)NCCC(F)(F)F)N3)(C1)C2. The van der Waals surface area contributed by atoms with Crippen molar-refractivity contribution in [3.8, 4) is 0 Å². The van der Waals surface area contributed by atoms with Gasteiger partial charge in [-0.05, 0) is 57.7 Å². The van der Waals surface area contributed by atoms with E-state index in [0.717, 1.165) is 0 Å². The van der Waals surface area contributed by atoms with Gasteiger partial charge in [-0.3, -0.25) is 9.79 Å². The van der Waals surface area contributed by atoms with Crippen LogP contribution >= 0.6 is 23.2 Å². The van der Waals surface area contributed by atoms with Crippen LogP contribution in [0.5, 0.6) is 0 Å². The summed E-state index contributed by atoms with van der Waals surface area (Å²) < 4.78 is 92.7. The van der Waals surface area contributed by atoms with E-state index in [1.807, 2.05) is 0 Å². The van der Waals surface area contributed by atoms with Crippen LogP contribution < -0.4 is 10.6 Å². The number of halogens is 7. The van der Waals surface area contributed by atoms with Gasteiger partial charge in [-0.25, -0.2) is 17.2 Å².